The molecule has 3 N–H and O–H groups in total. The number of benzene rings is 2. The molecular weight excluding hydrogens is 291 g/mol. The SMILES string of the molecule is CC(Cc1ccccc1F)(Nc1ccccc1Cl)C(N)=O. The number of carbonyl (C=O) groups excluding carboxylic acids is 1. The molecule has 1 unspecified atom stereocenters. The first-order valence-electron chi connectivity index (χ1n) is 6.48. The van der Waals surface area contributed by atoms with Crippen LogP contribution < -0.4 is 11.1 Å². The van der Waals surface area contributed by atoms with Crippen molar-refractivity contribution < 1.29 is 9.18 Å². The fourth-order valence-corrected chi connectivity index (χ4v) is 2.26. The van der Waals surface area contributed by atoms with Crippen molar-refractivity contribution in [2.75, 3.05) is 5.32 Å². The van der Waals surface area contributed by atoms with Crippen LogP contribution in [-0.4, -0.2) is 11.4 Å². The Hall–Kier alpha value is -2.07. The lowest BCUT2D eigenvalue weighted by atomic mass is 9.91. The van der Waals surface area contributed by atoms with Crippen LogP contribution in [0.2, 0.25) is 5.02 Å². The summed E-state index contributed by atoms with van der Waals surface area (Å²) in [5.74, 6) is -0.948. The molecule has 110 valence electrons. The summed E-state index contributed by atoms with van der Waals surface area (Å²) in [7, 11) is 0. The maximum absolute atomic E-state index is 13.8. The van der Waals surface area contributed by atoms with Gasteiger partial charge >= 0.3 is 0 Å². The van der Waals surface area contributed by atoms with Crippen molar-refractivity contribution in [3.05, 3.63) is 64.9 Å². The molecule has 0 saturated carbocycles. The predicted octanol–water partition coefficient (Wildman–Crippen LogP) is 3.38. The summed E-state index contributed by atoms with van der Waals surface area (Å²) in [5, 5.41) is 3.50. The normalized spacial score (nSPS) is 13.5. The second kappa shape index (κ2) is 6.14. The first kappa shape index (κ1) is 15.3. The van der Waals surface area contributed by atoms with Crippen molar-refractivity contribution in [3.63, 3.8) is 0 Å². The monoisotopic (exact) mass is 306 g/mol. The van der Waals surface area contributed by atoms with Crippen LogP contribution in [0.4, 0.5) is 10.1 Å². The van der Waals surface area contributed by atoms with Gasteiger partial charge in [0.05, 0.1) is 10.7 Å². The molecule has 2 rings (SSSR count). The molecule has 2 aromatic rings. The Bertz CT molecular complexity index is 613. The van der Waals surface area contributed by atoms with Crippen LogP contribution in [0.1, 0.15) is 12.5 Å². The van der Waals surface area contributed by atoms with Crippen molar-refractivity contribution in [1.82, 2.24) is 0 Å². The summed E-state index contributed by atoms with van der Waals surface area (Å²) in [6.45, 7) is 1.63. The van der Waals surface area contributed by atoms with Gasteiger partial charge in [-0.2, -0.15) is 0 Å². The third-order valence-electron chi connectivity index (χ3n) is 3.33. The number of hydrogen-bond acceptors (Lipinski definition) is 2. The number of carbonyl (C=O) groups is 1. The van der Waals surface area contributed by atoms with E-state index in [1.54, 1.807) is 49.4 Å². The molecule has 21 heavy (non-hydrogen) atoms. The van der Waals surface area contributed by atoms with Crippen LogP contribution >= 0.6 is 11.6 Å². The molecule has 0 fully saturated rings. The van der Waals surface area contributed by atoms with Crippen LogP contribution in [-0.2, 0) is 11.2 Å². The zero-order valence-electron chi connectivity index (χ0n) is 11.6. The average Bonchev–Trinajstić information content (AvgIpc) is 2.44. The third-order valence-corrected chi connectivity index (χ3v) is 3.66. The van der Waals surface area contributed by atoms with E-state index in [0.717, 1.165) is 0 Å². The number of nitrogens with two attached hydrogens (primary N) is 1. The van der Waals surface area contributed by atoms with Crippen LogP contribution in [0.15, 0.2) is 48.5 Å². The predicted molar refractivity (Wildman–Crippen MR) is 82.8 cm³/mol. The molecule has 0 heterocycles. The number of nitrogens with one attached hydrogen (secondary N) is 1. The van der Waals surface area contributed by atoms with E-state index >= 15 is 0 Å². The zero-order valence-corrected chi connectivity index (χ0v) is 12.3. The number of primary amides is 1. The summed E-state index contributed by atoms with van der Waals surface area (Å²) in [6, 6.07) is 13.3. The molecular formula is C16H16ClFN2O. The topological polar surface area (TPSA) is 55.1 Å². The number of para-hydroxylation sites is 1. The summed E-state index contributed by atoms with van der Waals surface area (Å²) in [6.07, 6.45) is 0.125. The molecule has 0 spiro atoms. The minimum absolute atomic E-state index is 0.125. The van der Waals surface area contributed by atoms with Gasteiger partial charge in [0.25, 0.3) is 0 Å². The molecule has 0 aliphatic carbocycles. The first-order chi connectivity index (χ1) is 9.92. The van der Waals surface area contributed by atoms with Gasteiger partial charge in [-0.05, 0) is 30.7 Å². The Labute approximate surface area is 127 Å². The first-order valence-corrected chi connectivity index (χ1v) is 6.86. The van der Waals surface area contributed by atoms with Gasteiger partial charge in [0, 0.05) is 6.42 Å². The lowest BCUT2D eigenvalue weighted by molar-refractivity contribution is -0.121. The number of amides is 1. The van der Waals surface area contributed by atoms with Crippen LogP contribution in [0.3, 0.4) is 0 Å². The van der Waals surface area contributed by atoms with Gasteiger partial charge in [0.15, 0.2) is 0 Å². The standard InChI is InChI=1S/C16H16ClFN2O/c1-16(15(19)21,10-11-6-2-4-8-13(11)18)20-14-9-5-3-7-12(14)17/h2-9,20H,10H2,1H3,(H2,19,21). The van der Waals surface area contributed by atoms with E-state index in [0.29, 0.717) is 16.3 Å². The summed E-state index contributed by atoms with van der Waals surface area (Å²) in [4.78, 5) is 11.8. The number of anilines is 1. The second-order valence-corrected chi connectivity index (χ2v) is 5.48. The molecule has 3 nitrogen and oxygen atoms in total. The van der Waals surface area contributed by atoms with Gasteiger partial charge in [0.2, 0.25) is 5.91 Å². The Kier molecular flexibility index (Phi) is 4.48. The number of halogens is 2. The Morgan fingerprint density at radius 3 is 2.48 bits per heavy atom. The highest BCUT2D eigenvalue weighted by atomic mass is 35.5. The molecule has 0 saturated heterocycles. The minimum atomic E-state index is -1.15. The van der Waals surface area contributed by atoms with Crippen molar-refractivity contribution in [3.8, 4) is 0 Å². The highest BCUT2D eigenvalue weighted by Crippen LogP contribution is 2.26. The summed E-state index contributed by atoms with van der Waals surface area (Å²) in [5.41, 5.74) is 5.35. The van der Waals surface area contributed by atoms with Crippen molar-refractivity contribution in [1.29, 1.82) is 0 Å². The highest BCUT2D eigenvalue weighted by molar-refractivity contribution is 6.33. The fraction of sp³-hybridized carbons (Fsp3) is 0.188. The maximum atomic E-state index is 13.8. The van der Waals surface area contributed by atoms with E-state index in [1.807, 2.05) is 0 Å². The van der Waals surface area contributed by atoms with E-state index in [9.17, 15) is 9.18 Å². The number of rotatable bonds is 5. The van der Waals surface area contributed by atoms with Crippen LogP contribution in [0.5, 0.6) is 0 Å². The van der Waals surface area contributed by atoms with Crippen LogP contribution in [0, 0.1) is 5.82 Å². The average molecular weight is 307 g/mol. The zero-order chi connectivity index (χ0) is 15.5. The molecule has 0 bridgehead atoms. The Morgan fingerprint density at radius 2 is 1.86 bits per heavy atom. The van der Waals surface area contributed by atoms with Gasteiger partial charge in [-0.1, -0.05) is 41.9 Å². The van der Waals surface area contributed by atoms with E-state index in [4.69, 9.17) is 17.3 Å². The van der Waals surface area contributed by atoms with E-state index in [1.165, 1.54) is 6.07 Å². The van der Waals surface area contributed by atoms with E-state index in [2.05, 4.69) is 5.32 Å². The molecule has 1 amide bonds. The summed E-state index contributed by atoms with van der Waals surface area (Å²) < 4.78 is 13.8. The molecule has 5 heteroatoms. The fourth-order valence-electron chi connectivity index (χ4n) is 2.08. The van der Waals surface area contributed by atoms with Gasteiger partial charge in [-0.25, -0.2) is 4.39 Å². The largest absolute Gasteiger partial charge is 0.370 e. The number of hydrogen-bond donors (Lipinski definition) is 2. The lowest BCUT2D eigenvalue weighted by Gasteiger charge is -2.29. The van der Waals surface area contributed by atoms with Crippen molar-refractivity contribution >= 4 is 23.2 Å². The molecule has 0 aliphatic rings. The molecule has 0 aliphatic heterocycles. The minimum Gasteiger partial charge on any atom is -0.370 e. The van der Waals surface area contributed by atoms with E-state index in [-0.39, 0.29) is 12.2 Å². The molecule has 0 aromatic heterocycles. The second-order valence-electron chi connectivity index (χ2n) is 5.07. The molecule has 2 aromatic carbocycles. The maximum Gasteiger partial charge on any atom is 0.243 e. The Balaban J connectivity index is 2.31. The van der Waals surface area contributed by atoms with Gasteiger partial charge < -0.3 is 11.1 Å². The van der Waals surface area contributed by atoms with Gasteiger partial charge in [-0.15, -0.1) is 0 Å². The molecule has 1 atom stereocenters. The smallest absolute Gasteiger partial charge is 0.243 e. The van der Waals surface area contributed by atoms with Gasteiger partial charge in [-0.3, -0.25) is 4.79 Å². The quantitative estimate of drug-likeness (QED) is 0.890. The third kappa shape index (κ3) is 3.52. The van der Waals surface area contributed by atoms with Crippen LogP contribution in [0.25, 0.3) is 0 Å². The molecule has 0 radical (unpaired) electrons. The van der Waals surface area contributed by atoms with Crippen molar-refractivity contribution in [2.45, 2.75) is 18.9 Å². The van der Waals surface area contributed by atoms with Gasteiger partial charge in [0.1, 0.15) is 11.4 Å². The highest BCUT2D eigenvalue weighted by Gasteiger charge is 2.32. The summed E-state index contributed by atoms with van der Waals surface area (Å²) >= 11 is 6.08. The lowest BCUT2D eigenvalue weighted by Crippen LogP contribution is -2.49. The van der Waals surface area contributed by atoms with Crippen molar-refractivity contribution in [2.24, 2.45) is 5.73 Å². The Morgan fingerprint density at radius 1 is 1.24 bits per heavy atom. The van der Waals surface area contributed by atoms with E-state index < -0.39 is 11.4 Å².